The highest BCUT2D eigenvalue weighted by atomic mass is 16.3. The van der Waals surface area contributed by atoms with Gasteiger partial charge in [-0.1, -0.05) is 19.3 Å². The zero-order valence-corrected chi connectivity index (χ0v) is 14.9. The fourth-order valence-corrected chi connectivity index (χ4v) is 6.30. The maximum atomic E-state index is 13.6. The molecule has 4 rings (SSSR count). The molecule has 2 N–H and O–H groups in total. The lowest BCUT2D eigenvalue weighted by atomic mass is 9.46. The quantitative estimate of drug-likeness (QED) is 0.781. The summed E-state index contributed by atoms with van der Waals surface area (Å²) in [6.07, 6.45) is -1.06. The predicted molar refractivity (Wildman–Crippen MR) is 94.1 cm³/mol. The first-order valence-electron chi connectivity index (χ1n) is 11.8. The Morgan fingerprint density at radius 1 is 1.38 bits per heavy atom. The van der Waals surface area contributed by atoms with E-state index in [0.717, 1.165) is 0 Å². The highest BCUT2D eigenvalue weighted by Crippen LogP contribution is 2.66. The first-order valence-corrected chi connectivity index (χ1v) is 9.30. The average molecular weight is 365 g/mol. The van der Waals surface area contributed by atoms with E-state index in [1.54, 1.807) is 6.92 Å². The third-order valence-electron chi connectivity index (χ3n) is 7.62. The van der Waals surface area contributed by atoms with Crippen molar-refractivity contribution in [2.24, 2.45) is 28.6 Å². The van der Waals surface area contributed by atoms with Crippen molar-refractivity contribution in [1.82, 2.24) is 0 Å². The van der Waals surface area contributed by atoms with Crippen LogP contribution >= 0.6 is 0 Å². The van der Waals surface area contributed by atoms with Gasteiger partial charge < -0.3 is 10.2 Å². The van der Waals surface area contributed by atoms with Gasteiger partial charge in [-0.2, -0.15) is 0 Å². The van der Waals surface area contributed by atoms with Gasteiger partial charge in [0, 0.05) is 31.0 Å². The number of hydrogen-bond donors (Lipinski definition) is 2. The molecule has 6 atom stereocenters. The predicted octanol–water partition coefficient (Wildman–Crippen LogP) is 1.99. The molecule has 0 heterocycles. The molecule has 0 aromatic carbocycles. The second-order valence-corrected chi connectivity index (χ2v) is 8.62. The van der Waals surface area contributed by atoms with E-state index < -0.39 is 71.9 Å². The molecule has 142 valence electrons. The molecular weight excluding hydrogens is 332 g/mol. The molecule has 0 aliphatic heterocycles. The summed E-state index contributed by atoms with van der Waals surface area (Å²) in [6, 6.07) is 0. The number of aliphatic hydroxyl groups excluding tert-OH is 1. The Kier molecular flexibility index (Phi) is 2.78. The zero-order valence-electron chi connectivity index (χ0n) is 19.9. The van der Waals surface area contributed by atoms with Gasteiger partial charge >= 0.3 is 0 Å². The molecule has 5 nitrogen and oxygen atoms in total. The van der Waals surface area contributed by atoms with Crippen molar-refractivity contribution < 1.29 is 31.5 Å². The molecule has 5 heteroatoms. The van der Waals surface area contributed by atoms with Crippen LogP contribution in [0.4, 0.5) is 0 Å². The first-order chi connectivity index (χ1) is 14.2. The summed E-state index contributed by atoms with van der Waals surface area (Å²) < 4.78 is 42.4. The molecule has 3 saturated carbocycles. The van der Waals surface area contributed by atoms with Crippen LogP contribution in [0.3, 0.4) is 0 Å². The molecule has 4 aliphatic carbocycles. The zero-order chi connectivity index (χ0) is 23.2. The van der Waals surface area contributed by atoms with Crippen molar-refractivity contribution in [2.45, 2.75) is 64.3 Å². The van der Waals surface area contributed by atoms with Crippen molar-refractivity contribution in [3.05, 3.63) is 11.6 Å². The van der Waals surface area contributed by atoms with Gasteiger partial charge in [-0.25, -0.2) is 0 Å². The Bertz CT molecular complexity index is 895. The number of carbonyl (C=O) groups excluding carboxylic acids is 3. The Morgan fingerprint density at radius 3 is 2.85 bits per heavy atom. The van der Waals surface area contributed by atoms with Gasteiger partial charge in [0.25, 0.3) is 0 Å². The van der Waals surface area contributed by atoms with Crippen molar-refractivity contribution in [3.63, 3.8) is 0 Å². The third kappa shape index (κ3) is 2.07. The van der Waals surface area contributed by atoms with Crippen LogP contribution in [0, 0.1) is 28.6 Å². The molecule has 3 fully saturated rings. The molecule has 0 aromatic heterocycles. The molecule has 0 spiro atoms. The number of Topliss-reactive ketones (excluding diaryl/α,β-unsaturated/α-hetero) is 2. The van der Waals surface area contributed by atoms with Crippen LogP contribution in [0.15, 0.2) is 11.6 Å². The number of hydrogen-bond acceptors (Lipinski definition) is 5. The smallest absolute Gasteiger partial charge is 0.190 e. The molecule has 0 saturated heterocycles. The van der Waals surface area contributed by atoms with Crippen LogP contribution < -0.4 is 0 Å². The minimum atomic E-state index is -2.86. The number of aliphatic hydroxyl groups is 2. The lowest BCUT2D eigenvalue weighted by Gasteiger charge is -2.57. The minimum Gasteiger partial charge on any atom is -0.388 e. The van der Waals surface area contributed by atoms with Crippen molar-refractivity contribution in [3.8, 4) is 0 Å². The summed E-state index contributed by atoms with van der Waals surface area (Å²) in [5, 5.41) is 20.6. The number of allylic oxidation sites excluding steroid dienone is 1. The van der Waals surface area contributed by atoms with Crippen LogP contribution in [-0.2, 0) is 14.4 Å². The van der Waals surface area contributed by atoms with Gasteiger partial charge in [-0.15, -0.1) is 0 Å². The molecule has 26 heavy (non-hydrogen) atoms. The largest absolute Gasteiger partial charge is 0.388 e. The summed E-state index contributed by atoms with van der Waals surface area (Å²) in [7, 11) is 0. The van der Waals surface area contributed by atoms with Gasteiger partial charge in [0.2, 0.25) is 0 Å². The number of ketones is 3. The highest BCUT2D eigenvalue weighted by Gasteiger charge is 2.68. The van der Waals surface area contributed by atoms with Gasteiger partial charge in [0.05, 0.1) is 0 Å². The van der Waals surface area contributed by atoms with Gasteiger partial charge in [-0.3, -0.25) is 14.4 Å². The van der Waals surface area contributed by atoms with Crippen LogP contribution in [0.5, 0.6) is 0 Å². The Labute approximate surface area is 160 Å². The lowest BCUT2D eigenvalue weighted by Crippen LogP contribution is -2.60. The number of carbonyl (C=O) groups is 3. The molecule has 4 aliphatic rings. The maximum Gasteiger partial charge on any atom is 0.190 e. The van der Waals surface area contributed by atoms with Crippen LogP contribution in [0.25, 0.3) is 0 Å². The van der Waals surface area contributed by atoms with Crippen molar-refractivity contribution in [1.29, 1.82) is 0 Å². The molecule has 0 amide bonds. The minimum absolute atomic E-state index is 0.0684. The molecule has 0 bridgehead atoms. The normalized spacial score (nSPS) is 53.0. The van der Waals surface area contributed by atoms with E-state index in [9.17, 15) is 24.6 Å². The Hall–Kier alpha value is -1.33. The van der Waals surface area contributed by atoms with E-state index in [0.29, 0.717) is 12.8 Å². The first kappa shape index (κ1) is 12.9. The lowest BCUT2D eigenvalue weighted by molar-refractivity contribution is -0.170. The van der Waals surface area contributed by atoms with E-state index in [2.05, 4.69) is 0 Å². The average Bonchev–Trinajstić information content (AvgIpc) is 2.90. The third-order valence-corrected chi connectivity index (χ3v) is 7.62. The maximum absolute atomic E-state index is 13.6. The monoisotopic (exact) mass is 365 g/mol. The van der Waals surface area contributed by atoms with E-state index in [1.807, 2.05) is 0 Å². The van der Waals surface area contributed by atoms with Crippen molar-refractivity contribution in [2.75, 3.05) is 6.61 Å². The second kappa shape index (κ2) is 5.59. The molecule has 0 radical (unpaired) electrons. The van der Waals surface area contributed by atoms with Gasteiger partial charge in [0.1, 0.15) is 18.0 Å². The van der Waals surface area contributed by atoms with E-state index >= 15 is 0 Å². The van der Waals surface area contributed by atoms with E-state index in [1.165, 1.54) is 6.08 Å². The topological polar surface area (TPSA) is 91.7 Å². The summed E-state index contributed by atoms with van der Waals surface area (Å²) in [5.74, 6) is -3.78. The highest BCUT2D eigenvalue weighted by molar-refractivity contribution is 5.94. The molecule has 0 unspecified atom stereocenters. The molecule has 0 aromatic rings. The SMILES string of the molecule is [2H]C([2H])([2H])[C@@]12C(=CC(=O)CC1([2H])[2H])CC[C@@H]1[C@@H]2C(=O)C[C@@]2(C)[C@H]1CC[C@]2(O)C(=O)CO. The second-order valence-electron chi connectivity index (χ2n) is 8.62. The standard InChI is InChI=1S/C21H28O5/c1-19-7-5-13(23)9-12(19)3-4-14-15-6-8-21(26,17(25)11-22)20(15,2)10-16(24)18(14)19/h9,14-15,18,22,26H,3-8,10-11H2,1-2H3/t14-,15-,18+,19-,20-,21-/m0/s1/i1D3,7D2. The summed E-state index contributed by atoms with van der Waals surface area (Å²) >= 11 is 0. The van der Waals surface area contributed by atoms with Crippen LogP contribution in [-0.4, -0.2) is 39.8 Å². The Balaban J connectivity index is 1.90. The van der Waals surface area contributed by atoms with Crippen molar-refractivity contribution >= 4 is 17.3 Å². The number of rotatable bonds is 2. The fraction of sp³-hybridized carbons (Fsp3) is 0.762. The number of fused-ring (bicyclic) bond motifs is 5. The van der Waals surface area contributed by atoms with Crippen LogP contribution in [0.1, 0.15) is 65.5 Å². The van der Waals surface area contributed by atoms with E-state index in [-0.39, 0.29) is 30.8 Å². The van der Waals surface area contributed by atoms with Gasteiger partial charge in [-0.05, 0) is 55.4 Å². The molecular formula is C21H28O5. The summed E-state index contributed by atoms with van der Waals surface area (Å²) in [5.41, 5.74) is -4.94. The van der Waals surface area contributed by atoms with Gasteiger partial charge in [0.15, 0.2) is 11.6 Å². The van der Waals surface area contributed by atoms with E-state index in [4.69, 9.17) is 6.85 Å². The summed E-state index contributed by atoms with van der Waals surface area (Å²) in [6.45, 7) is -2.05. The fourth-order valence-electron chi connectivity index (χ4n) is 6.30. The Morgan fingerprint density at radius 2 is 2.15 bits per heavy atom. The summed E-state index contributed by atoms with van der Waals surface area (Å²) in [4.78, 5) is 38.3. The van der Waals surface area contributed by atoms with Crippen LogP contribution in [0.2, 0.25) is 0 Å².